The summed E-state index contributed by atoms with van der Waals surface area (Å²) in [6.07, 6.45) is 9.77. The first-order valence-electron chi connectivity index (χ1n) is 9.16. The first kappa shape index (κ1) is 17.3. The molecule has 134 valence electrons. The highest BCUT2D eigenvalue weighted by molar-refractivity contribution is 7.99. The Kier molecular flexibility index (Phi) is 4.84. The zero-order chi connectivity index (χ0) is 18.0. The van der Waals surface area contributed by atoms with Crippen molar-refractivity contribution in [2.75, 3.05) is 18.0 Å². The first-order chi connectivity index (χ1) is 12.7. The van der Waals surface area contributed by atoms with E-state index in [0.29, 0.717) is 17.1 Å². The van der Waals surface area contributed by atoms with Gasteiger partial charge in [-0.3, -0.25) is 0 Å². The molecule has 26 heavy (non-hydrogen) atoms. The van der Waals surface area contributed by atoms with Crippen LogP contribution in [-0.2, 0) is 0 Å². The lowest BCUT2D eigenvalue weighted by molar-refractivity contribution is 0.197. The van der Waals surface area contributed by atoms with Crippen LogP contribution in [0.15, 0.2) is 46.6 Å². The molecular weight excluding hydrogens is 342 g/mol. The van der Waals surface area contributed by atoms with E-state index in [1.165, 1.54) is 31.0 Å². The van der Waals surface area contributed by atoms with Crippen LogP contribution >= 0.6 is 11.8 Å². The molecule has 2 N–H and O–H groups in total. The lowest BCUT2D eigenvalue weighted by Crippen LogP contribution is -2.47. The summed E-state index contributed by atoms with van der Waals surface area (Å²) in [4.78, 5) is 16.0. The number of hydrogen-bond donors (Lipinski definition) is 1. The molecular formula is C20H23N5S. The van der Waals surface area contributed by atoms with Crippen LogP contribution in [0.1, 0.15) is 32.1 Å². The highest BCUT2D eigenvalue weighted by Gasteiger charge is 2.42. The number of rotatable bonds is 3. The van der Waals surface area contributed by atoms with Crippen LogP contribution in [0, 0.1) is 12.0 Å². The van der Waals surface area contributed by atoms with Gasteiger partial charge in [0.2, 0.25) is 0 Å². The molecule has 1 atom stereocenters. The van der Waals surface area contributed by atoms with E-state index in [2.05, 4.69) is 19.7 Å². The number of hydrogen-bond acceptors (Lipinski definition) is 5. The molecule has 1 aliphatic carbocycles. The van der Waals surface area contributed by atoms with Crippen molar-refractivity contribution >= 4 is 23.3 Å². The molecule has 6 heteroatoms. The molecule has 1 aromatic heterocycles. The minimum Gasteiger partial charge on any atom is -0.355 e. The summed E-state index contributed by atoms with van der Waals surface area (Å²) in [7, 11) is 0. The van der Waals surface area contributed by atoms with Gasteiger partial charge in [0.05, 0.1) is 19.0 Å². The Bertz CT molecular complexity index is 806. The van der Waals surface area contributed by atoms with Crippen molar-refractivity contribution in [1.82, 2.24) is 9.97 Å². The fourth-order valence-corrected chi connectivity index (χ4v) is 5.01. The van der Waals surface area contributed by atoms with Gasteiger partial charge in [0.1, 0.15) is 10.8 Å². The lowest BCUT2D eigenvalue weighted by Gasteiger charge is -2.42. The predicted molar refractivity (Wildman–Crippen MR) is 105 cm³/mol. The van der Waals surface area contributed by atoms with Crippen molar-refractivity contribution in [2.45, 2.75) is 48.1 Å². The molecule has 1 aliphatic heterocycles. The lowest BCUT2D eigenvalue weighted by atomic mass is 9.74. The Hall–Kier alpha value is -2.10. The molecule has 2 heterocycles. The van der Waals surface area contributed by atoms with Crippen LogP contribution in [0.3, 0.4) is 0 Å². The van der Waals surface area contributed by atoms with Crippen LogP contribution in [-0.4, -0.2) is 29.1 Å². The van der Waals surface area contributed by atoms with Crippen molar-refractivity contribution in [3.05, 3.63) is 48.1 Å². The average Bonchev–Trinajstić information content (AvgIpc) is 3.03. The van der Waals surface area contributed by atoms with E-state index in [4.69, 9.17) is 12.3 Å². The Balaban J connectivity index is 1.40. The molecule has 4 rings (SSSR count). The zero-order valence-electron chi connectivity index (χ0n) is 14.8. The van der Waals surface area contributed by atoms with Gasteiger partial charge in [0.25, 0.3) is 0 Å². The molecule has 5 nitrogen and oxygen atoms in total. The maximum atomic E-state index is 7.11. The Morgan fingerprint density at radius 3 is 2.69 bits per heavy atom. The van der Waals surface area contributed by atoms with Crippen LogP contribution in [0.5, 0.6) is 0 Å². The van der Waals surface area contributed by atoms with Gasteiger partial charge in [-0.2, -0.15) is 0 Å². The summed E-state index contributed by atoms with van der Waals surface area (Å²) < 4.78 is 0. The molecule has 2 aliphatic rings. The fourth-order valence-electron chi connectivity index (χ4n) is 4.23. The van der Waals surface area contributed by atoms with Gasteiger partial charge in [-0.1, -0.05) is 36.4 Å². The molecule has 1 saturated carbocycles. The third-order valence-corrected chi connectivity index (χ3v) is 6.75. The van der Waals surface area contributed by atoms with E-state index < -0.39 is 0 Å². The topological polar surface area (TPSA) is 59.4 Å². The van der Waals surface area contributed by atoms with Crippen LogP contribution < -0.4 is 10.6 Å². The van der Waals surface area contributed by atoms with Crippen LogP contribution in [0.2, 0.25) is 0 Å². The summed E-state index contributed by atoms with van der Waals surface area (Å²) in [6.45, 7) is 9.14. The highest BCUT2D eigenvalue weighted by Crippen LogP contribution is 2.45. The maximum absolute atomic E-state index is 7.11. The van der Waals surface area contributed by atoms with Gasteiger partial charge >= 0.3 is 0 Å². The average molecular weight is 366 g/mol. The van der Waals surface area contributed by atoms with Crippen molar-refractivity contribution in [2.24, 2.45) is 11.1 Å². The van der Waals surface area contributed by atoms with Crippen LogP contribution in [0.25, 0.3) is 4.85 Å². The number of nitrogens with zero attached hydrogens (tertiary/aromatic N) is 4. The van der Waals surface area contributed by atoms with Crippen molar-refractivity contribution in [3.8, 4) is 0 Å². The van der Waals surface area contributed by atoms with E-state index >= 15 is 0 Å². The van der Waals surface area contributed by atoms with E-state index in [0.717, 1.165) is 41.7 Å². The highest BCUT2D eigenvalue weighted by atomic mass is 32.2. The number of piperidine rings is 1. The van der Waals surface area contributed by atoms with Gasteiger partial charge in [0.15, 0.2) is 5.69 Å². The molecule has 1 spiro atoms. The molecule has 0 unspecified atom stereocenters. The quantitative estimate of drug-likeness (QED) is 0.823. The molecule has 0 bridgehead atoms. The second-order valence-electron chi connectivity index (χ2n) is 7.27. The smallest absolute Gasteiger partial charge is 0.188 e. The number of anilines is 1. The molecule has 2 fully saturated rings. The summed E-state index contributed by atoms with van der Waals surface area (Å²) in [5, 5.41) is 0.849. The van der Waals surface area contributed by atoms with Gasteiger partial charge in [0, 0.05) is 24.0 Å². The number of nitrogens with two attached hydrogens (primary N) is 1. The van der Waals surface area contributed by atoms with Gasteiger partial charge in [-0.15, -0.1) is 0 Å². The standard InChI is InChI=1S/C20H23N5S/c1-22-15-4-2-5-16(12-15)26-19-14-23-18(13-24-19)25-10-8-20(9-11-25)7-3-6-17(20)21/h2,4-5,12-14,17H,3,6-11,21H2/t17-/m1/s1. The predicted octanol–water partition coefficient (Wildman–Crippen LogP) is 4.28. The fraction of sp³-hybridized carbons (Fsp3) is 0.450. The number of benzene rings is 1. The number of aromatic nitrogens is 2. The molecule has 1 aromatic carbocycles. The second-order valence-corrected chi connectivity index (χ2v) is 8.37. The summed E-state index contributed by atoms with van der Waals surface area (Å²) >= 11 is 1.54. The van der Waals surface area contributed by atoms with Crippen molar-refractivity contribution in [1.29, 1.82) is 0 Å². The Labute approximate surface area is 158 Å². The normalized spacial score (nSPS) is 21.7. The SMILES string of the molecule is [C-]#[N+]c1cccc(Sc2cnc(N3CCC4(CCC[C@H]4N)CC3)cn2)c1. The summed E-state index contributed by atoms with van der Waals surface area (Å²) in [5.41, 5.74) is 7.39. The van der Waals surface area contributed by atoms with E-state index in [-0.39, 0.29) is 0 Å². The minimum atomic E-state index is 0.369. The third-order valence-electron chi connectivity index (χ3n) is 5.84. The van der Waals surface area contributed by atoms with Gasteiger partial charge in [-0.25, -0.2) is 14.8 Å². The molecule has 1 saturated heterocycles. The molecule has 0 radical (unpaired) electrons. The zero-order valence-corrected chi connectivity index (χ0v) is 15.6. The van der Waals surface area contributed by atoms with E-state index in [1.54, 1.807) is 0 Å². The summed E-state index contributed by atoms with van der Waals surface area (Å²) in [6, 6.07) is 7.95. The van der Waals surface area contributed by atoms with Gasteiger partial charge < -0.3 is 10.6 Å². The first-order valence-corrected chi connectivity index (χ1v) is 9.98. The minimum absolute atomic E-state index is 0.369. The van der Waals surface area contributed by atoms with Gasteiger partial charge in [-0.05, 0) is 37.2 Å². The van der Waals surface area contributed by atoms with E-state index in [1.807, 2.05) is 36.7 Å². The summed E-state index contributed by atoms with van der Waals surface area (Å²) in [5.74, 6) is 0.950. The largest absolute Gasteiger partial charge is 0.355 e. The second kappa shape index (κ2) is 7.26. The Morgan fingerprint density at radius 2 is 2.04 bits per heavy atom. The third kappa shape index (κ3) is 3.42. The molecule has 2 aromatic rings. The van der Waals surface area contributed by atoms with Crippen molar-refractivity contribution < 1.29 is 0 Å². The van der Waals surface area contributed by atoms with Crippen LogP contribution in [0.4, 0.5) is 11.5 Å². The van der Waals surface area contributed by atoms with E-state index in [9.17, 15) is 0 Å². The Morgan fingerprint density at radius 1 is 1.19 bits per heavy atom. The molecule has 0 amide bonds. The van der Waals surface area contributed by atoms with Crippen molar-refractivity contribution in [3.63, 3.8) is 0 Å². The maximum Gasteiger partial charge on any atom is 0.188 e. The monoisotopic (exact) mass is 365 g/mol.